The summed E-state index contributed by atoms with van der Waals surface area (Å²) in [4.78, 5) is 27.7. The highest BCUT2D eigenvalue weighted by Crippen LogP contribution is 2.39. The molecule has 0 unspecified atom stereocenters. The molecule has 0 aromatic heterocycles. The number of piperidine rings is 1. The first kappa shape index (κ1) is 34.1. The van der Waals surface area contributed by atoms with Crippen molar-refractivity contribution in [3.63, 3.8) is 0 Å². The van der Waals surface area contributed by atoms with Crippen LogP contribution in [0.25, 0.3) is 11.1 Å². The number of halogens is 3. The molecular weight excluding hydrogens is 623 g/mol. The van der Waals surface area contributed by atoms with Gasteiger partial charge in [-0.3, -0.25) is 9.59 Å². The van der Waals surface area contributed by atoms with Crippen LogP contribution in [-0.2, 0) is 32.2 Å². The second-order valence-corrected chi connectivity index (χ2v) is 12.9. The van der Waals surface area contributed by atoms with E-state index in [-0.39, 0.29) is 38.3 Å². The van der Waals surface area contributed by atoms with Gasteiger partial charge >= 0.3 is 12.1 Å². The van der Waals surface area contributed by atoms with E-state index < -0.39 is 30.3 Å². The fourth-order valence-corrected chi connectivity index (χ4v) is 6.94. The van der Waals surface area contributed by atoms with E-state index in [0.29, 0.717) is 11.3 Å². The minimum Gasteiger partial charge on any atom is -0.392 e. The van der Waals surface area contributed by atoms with E-state index in [1.807, 2.05) is 72.8 Å². The molecule has 11 heteroatoms. The van der Waals surface area contributed by atoms with Gasteiger partial charge in [0, 0.05) is 31.6 Å². The lowest BCUT2D eigenvalue weighted by molar-refractivity contribution is -0.253. The van der Waals surface area contributed by atoms with Crippen molar-refractivity contribution in [2.75, 3.05) is 26.2 Å². The topological polar surface area (TPSA) is 91.3 Å². The molecule has 48 heavy (non-hydrogen) atoms. The molecule has 3 saturated heterocycles. The number of alkyl halides is 3. The smallest absolute Gasteiger partial charge is 0.392 e. The van der Waals surface area contributed by atoms with E-state index in [2.05, 4.69) is 10.2 Å². The molecule has 2 N–H and O–H groups in total. The van der Waals surface area contributed by atoms with Crippen LogP contribution in [0.15, 0.2) is 72.8 Å². The highest BCUT2D eigenvalue weighted by atomic mass is 19.4. The van der Waals surface area contributed by atoms with Crippen LogP contribution in [0.4, 0.5) is 13.2 Å². The van der Waals surface area contributed by atoms with Gasteiger partial charge in [0.25, 0.3) is 0 Å². The van der Waals surface area contributed by atoms with Crippen LogP contribution in [0.3, 0.4) is 0 Å². The maximum absolute atomic E-state index is 13.0. The zero-order chi connectivity index (χ0) is 33.7. The van der Waals surface area contributed by atoms with Gasteiger partial charge < -0.3 is 29.7 Å². The summed E-state index contributed by atoms with van der Waals surface area (Å²) < 4.78 is 52.3. The number of aliphatic hydroxyl groups is 1. The van der Waals surface area contributed by atoms with Crippen molar-refractivity contribution in [3.05, 3.63) is 95.1 Å². The Labute approximate surface area is 278 Å². The number of hydrogen-bond donors (Lipinski definition) is 2. The van der Waals surface area contributed by atoms with Crippen LogP contribution >= 0.6 is 0 Å². The quantitative estimate of drug-likeness (QED) is 0.290. The van der Waals surface area contributed by atoms with Crippen LogP contribution in [0.1, 0.15) is 73.2 Å². The Bertz CT molecular complexity index is 1560. The molecule has 4 atom stereocenters. The molecule has 3 aromatic carbocycles. The van der Waals surface area contributed by atoms with Gasteiger partial charge in [0.05, 0.1) is 18.8 Å². The predicted molar refractivity (Wildman–Crippen MR) is 173 cm³/mol. The molecule has 0 spiro atoms. The summed E-state index contributed by atoms with van der Waals surface area (Å²) in [6.07, 6.45) is -0.896. The molecule has 3 aliphatic rings. The lowest BCUT2D eigenvalue weighted by Crippen LogP contribution is -2.50. The fraction of sp³-hybridized carbons (Fsp3) is 0.459. The Morgan fingerprint density at radius 2 is 1.56 bits per heavy atom. The molecule has 0 saturated carbocycles. The minimum atomic E-state index is -5.01. The van der Waals surface area contributed by atoms with E-state index in [4.69, 9.17) is 9.47 Å². The molecule has 0 radical (unpaired) electrons. The number of carbonyl (C=O) groups excluding carboxylic acids is 2. The fourth-order valence-electron chi connectivity index (χ4n) is 6.94. The molecular formula is C37H42F3N3O5. The third kappa shape index (κ3) is 8.26. The Morgan fingerprint density at radius 1 is 0.833 bits per heavy atom. The molecule has 6 rings (SSSR count). The van der Waals surface area contributed by atoms with Crippen molar-refractivity contribution < 1.29 is 37.3 Å². The summed E-state index contributed by atoms with van der Waals surface area (Å²) in [5.41, 5.74) is 5.36. The lowest BCUT2D eigenvalue weighted by Gasteiger charge is -2.39. The van der Waals surface area contributed by atoms with Crippen LogP contribution in [-0.4, -0.2) is 71.2 Å². The number of ether oxygens (including phenoxy) is 2. The average molecular weight is 666 g/mol. The molecule has 8 nitrogen and oxygen atoms in total. The molecule has 256 valence electrons. The molecule has 0 aliphatic carbocycles. The molecule has 3 heterocycles. The van der Waals surface area contributed by atoms with E-state index in [1.165, 1.54) is 19.3 Å². The van der Waals surface area contributed by atoms with Gasteiger partial charge in [-0.1, -0.05) is 67.1 Å². The molecule has 3 fully saturated rings. The predicted octanol–water partition coefficient (Wildman–Crippen LogP) is 6.05. The summed E-state index contributed by atoms with van der Waals surface area (Å²) in [5, 5.41) is 12.2. The number of likely N-dealkylation sites (tertiary alicyclic amines) is 2. The normalized spacial score (nSPS) is 23.6. The lowest BCUT2D eigenvalue weighted by atomic mass is 9.98. The van der Waals surface area contributed by atoms with Crippen molar-refractivity contribution in [1.29, 1.82) is 0 Å². The number of carbonyl (C=O) groups is 2. The summed E-state index contributed by atoms with van der Waals surface area (Å²) in [6, 6.07) is 22.3. The first-order chi connectivity index (χ1) is 23.2. The highest BCUT2D eigenvalue weighted by Gasteiger charge is 2.47. The van der Waals surface area contributed by atoms with Gasteiger partial charge in [0.15, 0.2) is 6.29 Å². The maximum atomic E-state index is 13.0. The van der Waals surface area contributed by atoms with Crippen LogP contribution in [0.5, 0.6) is 0 Å². The number of aliphatic hydroxyl groups excluding tert-OH is 1. The SMILES string of the molecule is O=C(NCc1cccc(-c2cccc([C@H]3O[C@@H](CN4CCCCC4)C[C@@H](c4ccc(CO)cc4)O3)c2)c1)[C@@H]1CCCN1C(=O)C(F)(F)F. The third-order valence-electron chi connectivity index (χ3n) is 9.47. The number of rotatable bonds is 9. The monoisotopic (exact) mass is 665 g/mol. The van der Waals surface area contributed by atoms with Crippen LogP contribution in [0.2, 0.25) is 0 Å². The largest absolute Gasteiger partial charge is 0.471 e. The van der Waals surface area contributed by atoms with E-state index in [0.717, 1.165) is 59.4 Å². The van der Waals surface area contributed by atoms with Gasteiger partial charge in [-0.25, -0.2) is 0 Å². The number of amides is 2. The number of nitrogens with one attached hydrogen (secondary N) is 1. The molecule has 3 aliphatic heterocycles. The summed E-state index contributed by atoms with van der Waals surface area (Å²) in [6.45, 7) is 2.97. The summed E-state index contributed by atoms with van der Waals surface area (Å²) >= 11 is 0. The van der Waals surface area contributed by atoms with Gasteiger partial charge in [0.2, 0.25) is 5.91 Å². The van der Waals surface area contributed by atoms with Crippen molar-refractivity contribution in [3.8, 4) is 11.1 Å². The second-order valence-electron chi connectivity index (χ2n) is 12.9. The van der Waals surface area contributed by atoms with Crippen LogP contribution in [0, 0.1) is 0 Å². The Morgan fingerprint density at radius 3 is 2.29 bits per heavy atom. The Hall–Kier alpha value is -3.77. The standard InChI is InChI=1S/C37H42F3N3O5/c38-37(39,40)36(46)43-18-6-11-32(43)34(45)41-22-26-7-4-8-28(19-26)29-9-5-10-30(20-29)35-47-31(23-42-16-2-1-3-17-42)21-33(48-35)27-14-12-25(24-44)13-15-27/h4-5,7-10,12-15,19-20,31-33,35,44H,1-3,6,11,16-18,21-24H2,(H,41,45)/t31-,32+,33+,35+/m1/s1. The zero-order valence-corrected chi connectivity index (χ0v) is 26.8. The minimum absolute atomic E-state index is 0.0163. The van der Waals surface area contributed by atoms with E-state index in [1.54, 1.807) is 0 Å². The van der Waals surface area contributed by atoms with Gasteiger partial charge in [0.1, 0.15) is 6.04 Å². The maximum Gasteiger partial charge on any atom is 0.471 e. The van der Waals surface area contributed by atoms with Crippen LogP contribution < -0.4 is 5.32 Å². The van der Waals surface area contributed by atoms with Gasteiger partial charge in [-0.2, -0.15) is 13.2 Å². The van der Waals surface area contributed by atoms with Gasteiger partial charge in [-0.15, -0.1) is 0 Å². The number of nitrogens with zero attached hydrogens (tertiary/aromatic N) is 2. The highest BCUT2D eigenvalue weighted by molar-refractivity contribution is 5.90. The van der Waals surface area contributed by atoms with Crippen molar-refractivity contribution in [2.24, 2.45) is 0 Å². The molecule has 2 amide bonds. The van der Waals surface area contributed by atoms with Crippen molar-refractivity contribution in [1.82, 2.24) is 15.1 Å². The summed E-state index contributed by atoms with van der Waals surface area (Å²) in [5.74, 6) is -2.57. The number of benzene rings is 3. The van der Waals surface area contributed by atoms with E-state index in [9.17, 15) is 27.9 Å². The molecule has 0 bridgehead atoms. The second kappa shape index (κ2) is 15.2. The molecule has 3 aromatic rings. The first-order valence-electron chi connectivity index (χ1n) is 16.8. The third-order valence-corrected chi connectivity index (χ3v) is 9.47. The van der Waals surface area contributed by atoms with Crippen molar-refractivity contribution in [2.45, 2.75) is 82.4 Å². The van der Waals surface area contributed by atoms with Crippen molar-refractivity contribution >= 4 is 11.8 Å². The summed E-state index contributed by atoms with van der Waals surface area (Å²) in [7, 11) is 0. The first-order valence-corrected chi connectivity index (χ1v) is 16.8. The zero-order valence-electron chi connectivity index (χ0n) is 26.8. The average Bonchev–Trinajstić information content (AvgIpc) is 3.60. The number of hydrogen-bond acceptors (Lipinski definition) is 6. The van der Waals surface area contributed by atoms with Gasteiger partial charge in [-0.05, 0) is 78.7 Å². The van der Waals surface area contributed by atoms with E-state index >= 15 is 0 Å². The Kier molecular flexibility index (Phi) is 10.8. The Balaban J connectivity index is 1.16.